The van der Waals surface area contributed by atoms with Gasteiger partial charge in [0.15, 0.2) is 0 Å². The smallest absolute Gasteiger partial charge is 0.307 e. The molecule has 1 aromatic carbocycles. The molecule has 4 nitrogen and oxygen atoms in total. The Morgan fingerprint density at radius 2 is 2.33 bits per heavy atom. The molecular formula is C11H13NO3. The fourth-order valence-corrected chi connectivity index (χ4v) is 1.15. The van der Waals surface area contributed by atoms with Crippen molar-refractivity contribution in [1.82, 2.24) is 0 Å². The van der Waals surface area contributed by atoms with Gasteiger partial charge in [-0.15, -0.1) is 0 Å². The van der Waals surface area contributed by atoms with Gasteiger partial charge in [-0.25, -0.2) is 0 Å². The lowest BCUT2D eigenvalue weighted by Crippen LogP contribution is -1.92. The van der Waals surface area contributed by atoms with Crippen molar-refractivity contribution in [3.05, 3.63) is 29.8 Å². The number of benzene rings is 1. The number of carbonyl (C=O) groups is 1. The first-order valence-electron chi connectivity index (χ1n) is 4.45. The Morgan fingerprint density at radius 3 is 2.93 bits per heavy atom. The van der Waals surface area contributed by atoms with Crippen molar-refractivity contribution in [3.63, 3.8) is 0 Å². The van der Waals surface area contributed by atoms with E-state index in [2.05, 4.69) is 0 Å². The molecule has 0 fully saturated rings. The first kappa shape index (κ1) is 11.1. The van der Waals surface area contributed by atoms with Gasteiger partial charge in [0.05, 0.1) is 13.5 Å². The maximum Gasteiger partial charge on any atom is 0.307 e. The lowest BCUT2D eigenvalue weighted by molar-refractivity contribution is -0.135. The molecule has 0 aromatic heterocycles. The number of hydrogen-bond donors (Lipinski definition) is 2. The average molecular weight is 207 g/mol. The molecule has 0 bridgehead atoms. The highest BCUT2D eigenvalue weighted by molar-refractivity contribution is 5.71. The van der Waals surface area contributed by atoms with Crippen molar-refractivity contribution in [1.29, 1.82) is 0 Å². The average Bonchev–Trinajstić information content (AvgIpc) is 2.19. The zero-order valence-electron chi connectivity index (χ0n) is 8.43. The molecule has 3 N–H and O–H groups in total. The normalized spacial score (nSPS) is 10.5. The molecule has 0 aliphatic heterocycles. The van der Waals surface area contributed by atoms with Crippen LogP contribution in [-0.4, -0.2) is 18.2 Å². The minimum atomic E-state index is -0.860. The summed E-state index contributed by atoms with van der Waals surface area (Å²) in [5.74, 6) is -0.225. The third-order valence-electron chi connectivity index (χ3n) is 1.85. The highest BCUT2D eigenvalue weighted by Gasteiger charge is 1.99. The highest BCUT2D eigenvalue weighted by Crippen LogP contribution is 2.22. The van der Waals surface area contributed by atoms with E-state index in [0.717, 1.165) is 5.56 Å². The second-order valence-electron chi connectivity index (χ2n) is 3.00. The Balaban J connectivity index is 2.84. The first-order valence-corrected chi connectivity index (χ1v) is 4.45. The molecule has 0 radical (unpaired) electrons. The van der Waals surface area contributed by atoms with Crippen molar-refractivity contribution in [2.75, 3.05) is 12.8 Å². The van der Waals surface area contributed by atoms with Gasteiger partial charge in [-0.1, -0.05) is 12.2 Å². The van der Waals surface area contributed by atoms with E-state index in [1.54, 1.807) is 37.5 Å². The number of methoxy groups -OCH3 is 1. The van der Waals surface area contributed by atoms with E-state index in [1.807, 2.05) is 0 Å². The van der Waals surface area contributed by atoms with Gasteiger partial charge in [0, 0.05) is 17.3 Å². The van der Waals surface area contributed by atoms with Gasteiger partial charge in [0.2, 0.25) is 0 Å². The van der Waals surface area contributed by atoms with Crippen LogP contribution < -0.4 is 10.5 Å². The monoisotopic (exact) mass is 207 g/mol. The zero-order valence-corrected chi connectivity index (χ0v) is 8.43. The molecule has 0 aliphatic rings. The van der Waals surface area contributed by atoms with Gasteiger partial charge < -0.3 is 15.6 Å². The van der Waals surface area contributed by atoms with Crippen LogP contribution in [-0.2, 0) is 4.79 Å². The van der Waals surface area contributed by atoms with Gasteiger partial charge in [-0.3, -0.25) is 4.79 Å². The van der Waals surface area contributed by atoms with Crippen LogP contribution in [0.4, 0.5) is 5.69 Å². The third-order valence-corrected chi connectivity index (χ3v) is 1.85. The predicted molar refractivity (Wildman–Crippen MR) is 58.7 cm³/mol. The molecule has 1 aromatic rings. The second-order valence-corrected chi connectivity index (χ2v) is 3.00. The molecule has 80 valence electrons. The number of carboxylic acid groups (broad SMARTS) is 1. The van der Waals surface area contributed by atoms with Crippen LogP contribution in [0.2, 0.25) is 0 Å². The lowest BCUT2D eigenvalue weighted by atomic mass is 10.1. The fraction of sp³-hybridized carbons (Fsp3) is 0.182. The van der Waals surface area contributed by atoms with Crippen LogP contribution >= 0.6 is 0 Å². The van der Waals surface area contributed by atoms with Gasteiger partial charge in [-0.2, -0.15) is 0 Å². The van der Waals surface area contributed by atoms with Crippen LogP contribution in [0.1, 0.15) is 12.0 Å². The maximum absolute atomic E-state index is 10.3. The van der Waals surface area contributed by atoms with Crippen molar-refractivity contribution in [3.8, 4) is 5.75 Å². The predicted octanol–water partition coefficient (Wildman–Crippen LogP) is 1.77. The Bertz CT molecular complexity index is 385. The molecule has 0 saturated heterocycles. The fourth-order valence-electron chi connectivity index (χ4n) is 1.15. The summed E-state index contributed by atoms with van der Waals surface area (Å²) in [5, 5.41) is 8.46. The summed E-state index contributed by atoms with van der Waals surface area (Å²) < 4.78 is 5.11. The van der Waals surface area contributed by atoms with Crippen LogP contribution in [0.3, 0.4) is 0 Å². The van der Waals surface area contributed by atoms with Crippen molar-refractivity contribution < 1.29 is 14.6 Å². The van der Waals surface area contributed by atoms with Gasteiger partial charge >= 0.3 is 5.97 Å². The maximum atomic E-state index is 10.3. The van der Waals surface area contributed by atoms with Crippen LogP contribution in [0.5, 0.6) is 5.75 Å². The summed E-state index contributed by atoms with van der Waals surface area (Å²) in [4.78, 5) is 10.3. The van der Waals surface area contributed by atoms with Gasteiger partial charge in [0.1, 0.15) is 5.75 Å². The largest absolute Gasteiger partial charge is 0.496 e. The van der Waals surface area contributed by atoms with E-state index >= 15 is 0 Å². The number of hydrogen-bond acceptors (Lipinski definition) is 3. The Morgan fingerprint density at radius 1 is 1.60 bits per heavy atom. The number of ether oxygens (including phenoxy) is 1. The quantitative estimate of drug-likeness (QED) is 0.738. The molecule has 0 heterocycles. The van der Waals surface area contributed by atoms with E-state index in [1.165, 1.54) is 0 Å². The second kappa shape index (κ2) is 5.05. The Hall–Kier alpha value is -1.97. The SMILES string of the molecule is COc1cc(N)ccc1C=CCC(=O)O. The molecule has 0 unspecified atom stereocenters. The van der Waals surface area contributed by atoms with Gasteiger partial charge in [-0.05, 0) is 12.1 Å². The summed E-state index contributed by atoms with van der Waals surface area (Å²) in [6.45, 7) is 0. The van der Waals surface area contributed by atoms with Crippen molar-refractivity contribution in [2.45, 2.75) is 6.42 Å². The minimum absolute atomic E-state index is 0.00642. The number of nitrogen functional groups attached to an aromatic ring is 1. The highest BCUT2D eigenvalue weighted by atomic mass is 16.5. The van der Waals surface area contributed by atoms with E-state index in [9.17, 15) is 4.79 Å². The molecule has 0 spiro atoms. The van der Waals surface area contributed by atoms with E-state index in [-0.39, 0.29) is 6.42 Å². The van der Waals surface area contributed by atoms with Crippen LogP contribution in [0.25, 0.3) is 6.08 Å². The molecule has 0 aliphatic carbocycles. The Kier molecular flexibility index (Phi) is 3.74. The Labute approximate surface area is 88.0 Å². The standard InChI is InChI=1S/C11H13NO3/c1-15-10-7-9(12)6-5-8(10)3-2-4-11(13)14/h2-3,5-7H,4,12H2,1H3,(H,13,14). The van der Waals surface area contributed by atoms with Crippen LogP contribution in [0, 0.1) is 0 Å². The van der Waals surface area contributed by atoms with Crippen LogP contribution in [0.15, 0.2) is 24.3 Å². The third kappa shape index (κ3) is 3.34. The molecule has 4 heteroatoms. The summed E-state index contributed by atoms with van der Waals surface area (Å²) in [7, 11) is 1.54. The van der Waals surface area contributed by atoms with Gasteiger partial charge in [0.25, 0.3) is 0 Å². The molecular weight excluding hydrogens is 194 g/mol. The van der Waals surface area contributed by atoms with Crippen molar-refractivity contribution >= 4 is 17.7 Å². The van der Waals surface area contributed by atoms with E-state index < -0.39 is 5.97 Å². The lowest BCUT2D eigenvalue weighted by Gasteiger charge is -2.05. The topological polar surface area (TPSA) is 72.5 Å². The number of carboxylic acids is 1. The summed E-state index contributed by atoms with van der Waals surface area (Å²) in [5.41, 5.74) is 7.01. The molecule has 0 saturated carbocycles. The zero-order chi connectivity index (χ0) is 11.3. The minimum Gasteiger partial charge on any atom is -0.496 e. The number of nitrogens with two attached hydrogens (primary N) is 1. The number of anilines is 1. The number of aliphatic carboxylic acids is 1. The molecule has 1 rings (SSSR count). The van der Waals surface area contributed by atoms with E-state index in [4.69, 9.17) is 15.6 Å². The summed E-state index contributed by atoms with van der Waals surface area (Å²) >= 11 is 0. The van der Waals surface area contributed by atoms with E-state index in [0.29, 0.717) is 11.4 Å². The molecule has 15 heavy (non-hydrogen) atoms. The van der Waals surface area contributed by atoms with Crippen molar-refractivity contribution in [2.24, 2.45) is 0 Å². The summed E-state index contributed by atoms with van der Waals surface area (Å²) in [6.07, 6.45) is 3.26. The summed E-state index contributed by atoms with van der Waals surface area (Å²) in [6, 6.07) is 5.22. The first-order chi connectivity index (χ1) is 7.13. The number of rotatable bonds is 4. The molecule has 0 atom stereocenters. The molecule has 0 amide bonds.